The smallest absolute Gasteiger partial charge is 0.345 e. The third-order valence-corrected chi connectivity index (χ3v) is 3.21. The van der Waals surface area contributed by atoms with Gasteiger partial charge in [0.05, 0.1) is 0 Å². The van der Waals surface area contributed by atoms with Gasteiger partial charge in [0.1, 0.15) is 18.3 Å². The molecule has 1 aromatic heterocycles. The van der Waals surface area contributed by atoms with E-state index in [1.807, 2.05) is 0 Å². The van der Waals surface area contributed by atoms with E-state index in [0.717, 1.165) is 6.20 Å². The summed E-state index contributed by atoms with van der Waals surface area (Å²) in [6.07, 6.45) is -7.70. The van der Waals surface area contributed by atoms with E-state index < -0.39 is 36.5 Å². The summed E-state index contributed by atoms with van der Waals surface area (Å²) in [6.45, 7) is -1.31. The minimum Gasteiger partial charge on any atom is -0.345 e. The first kappa shape index (κ1) is 17.3. The molecule has 0 bridgehead atoms. The van der Waals surface area contributed by atoms with E-state index in [9.17, 15) is 31.1 Å². The van der Waals surface area contributed by atoms with Crippen LogP contribution in [0.25, 0.3) is 0 Å². The first-order valence-electron chi connectivity index (χ1n) is 6.59. The molecule has 1 N–H and O–H groups in total. The number of hydrogen-bond acceptors (Lipinski definition) is 4. The zero-order valence-corrected chi connectivity index (χ0v) is 11.6. The van der Waals surface area contributed by atoms with Gasteiger partial charge in [-0.15, -0.1) is 0 Å². The Bertz CT molecular complexity index is 573. The number of alkyl halides is 6. The molecule has 11 heteroatoms. The standard InChI is InChI=1S/C12H12F6N4O/c13-11(14,15)6-20-9(23)7-2-1-5-22(7)10-19-4-3-8(21-10)12(16,17)18/h3-4,7H,1-2,5-6H2,(H,20,23). The van der Waals surface area contributed by atoms with Crippen LogP contribution in [-0.4, -0.2) is 41.2 Å². The van der Waals surface area contributed by atoms with Crippen LogP contribution in [0.5, 0.6) is 0 Å². The molecular formula is C12H12F6N4O. The number of nitrogens with one attached hydrogen (secondary N) is 1. The number of carbonyl (C=O) groups excluding carboxylic acids is 1. The minimum atomic E-state index is -4.68. The number of anilines is 1. The lowest BCUT2D eigenvalue weighted by Crippen LogP contribution is -2.46. The van der Waals surface area contributed by atoms with Crippen LogP contribution in [0.1, 0.15) is 18.5 Å². The summed E-state index contributed by atoms with van der Waals surface area (Å²) >= 11 is 0. The fourth-order valence-corrected chi connectivity index (χ4v) is 2.23. The number of hydrogen-bond donors (Lipinski definition) is 1. The third kappa shape index (κ3) is 4.45. The topological polar surface area (TPSA) is 58.1 Å². The molecule has 1 unspecified atom stereocenters. The molecule has 1 amide bonds. The second-order valence-electron chi connectivity index (χ2n) is 4.92. The van der Waals surface area contributed by atoms with Gasteiger partial charge in [0.25, 0.3) is 0 Å². The molecule has 2 heterocycles. The van der Waals surface area contributed by atoms with Crippen LogP contribution in [0.2, 0.25) is 0 Å². The second-order valence-corrected chi connectivity index (χ2v) is 4.92. The number of carbonyl (C=O) groups is 1. The van der Waals surface area contributed by atoms with E-state index in [1.165, 1.54) is 4.90 Å². The quantitative estimate of drug-likeness (QED) is 0.855. The summed E-state index contributed by atoms with van der Waals surface area (Å²) in [5.74, 6) is -1.25. The first-order valence-corrected chi connectivity index (χ1v) is 6.59. The summed E-state index contributed by atoms with van der Waals surface area (Å²) in [4.78, 5) is 20.1. The molecule has 1 aliphatic heterocycles. The number of amides is 1. The van der Waals surface area contributed by atoms with E-state index in [4.69, 9.17) is 0 Å². The molecule has 1 atom stereocenters. The Kier molecular flexibility index (Phi) is 4.66. The molecule has 1 saturated heterocycles. The van der Waals surface area contributed by atoms with Gasteiger partial charge in [-0.2, -0.15) is 26.3 Å². The molecule has 1 aliphatic rings. The van der Waals surface area contributed by atoms with Gasteiger partial charge in [0.15, 0.2) is 0 Å². The van der Waals surface area contributed by atoms with Crippen molar-refractivity contribution in [1.82, 2.24) is 15.3 Å². The predicted octanol–water partition coefficient (Wildman–Crippen LogP) is 2.14. The van der Waals surface area contributed by atoms with E-state index in [1.54, 1.807) is 5.32 Å². The van der Waals surface area contributed by atoms with Crippen LogP contribution in [-0.2, 0) is 11.0 Å². The Balaban J connectivity index is 2.14. The van der Waals surface area contributed by atoms with E-state index >= 15 is 0 Å². The maximum absolute atomic E-state index is 12.6. The van der Waals surface area contributed by atoms with Gasteiger partial charge in [-0.25, -0.2) is 9.97 Å². The van der Waals surface area contributed by atoms with Crippen LogP contribution < -0.4 is 10.2 Å². The monoisotopic (exact) mass is 342 g/mol. The van der Waals surface area contributed by atoms with Crippen molar-refractivity contribution < 1.29 is 31.1 Å². The normalized spacial score (nSPS) is 19.0. The predicted molar refractivity (Wildman–Crippen MR) is 66.5 cm³/mol. The molecule has 0 radical (unpaired) electrons. The fourth-order valence-electron chi connectivity index (χ4n) is 2.23. The van der Waals surface area contributed by atoms with Crippen LogP contribution >= 0.6 is 0 Å². The highest BCUT2D eigenvalue weighted by molar-refractivity contribution is 5.85. The van der Waals surface area contributed by atoms with Crippen molar-refractivity contribution in [3.63, 3.8) is 0 Å². The summed E-state index contributed by atoms with van der Waals surface area (Å²) in [5.41, 5.74) is -1.18. The van der Waals surface area contributed by atoms with Crippen LogP contribution in [0, 0.1) is 0 Å². The second kappa shape index (κ2) is 6.20. The molecular weight excluding hydrogens is 330 g/mol. The zero-order chi connectivity index (χ0) is 17.3. The van der Waals surface area contributed by atoms with Crippen molar-refractivity contribution >= 4 is 11.9 Å². The zero-order valence-electron chi connectivity index (χ0n) is 11.6. The minimum absolute atomic E-state index is 0.186. The van der Waals surface area contributed by atoms with Gasteiger partial charge in [0, 0.05) is 12.7 Å². The highest BCUT2D eigenvalue weighted by Crippen LogP contribution is 2.30. The number of halogens is 6. The highest BCUT2D eigenvalue weighted by Gasteiger charge is 2.37. The molecule has 5 nitrogen and oxygen atoms in total. The van der Waals surface area contributed by atoms with Crippen molar-refractivity contribution in [1.29, 1.82) is 0 Å². The summed E-state index contributed by atoms with van der Waals surface area (Å²) < 4.78 is 74.3. The Hall–Kier alpha value is -2.07. The molecule has 128 valence electrons. The lowest BCUT2D eigenvalue weighted by Gasteiger charge is -2.24. The largest absolute Gasteiger partial charge is 0.433 e. The van der Waals surface area contributed by atoms with Gasteiger partial charge in [-0.05, 0) is 18.9 Å². The summed E-state index contributed by atoms with van der Waals surface area (Å²) in [6, 6.07) is -0.348. The van der Waals surface area contributed by atoms with Crippen LogP contribution in [0.3, 0.4) is 0 Å². The van der Waals surface area contributed by atoms with Crippen molar-refractivity contribution in [3.05, 3.63) is 18.0 Å². The first-order chi connectivity index (χ1) is 10.6. The van der Waals surface area contributed by atoms with Crippen molar-refractivity contribution in [2.24, 2.45) is 0 Å². The van der Waals surface area contributed by atoms with Gasteiger partial charge in [-0.1, -0.05) is 0 Å². The van der Waals surface area contributed by atoms with Crippen molar-refractivity contribution in [3.8, 4) is 0 Å². The SMILES string of the molecule is O=C(NCC(F)(F)F)C1CCCN1c1nccc(C(F)(F)F)n1. The molecule has 23 heavy (non-hydrogen) atoms. The van der Waals surface area contributed by atoms with Gasteiger partial charge < -0.3 is 10.2 Å². The van der Waals surface area contributed by atoms with Crippen molar-refractivity contribution in [2.45, 2.75) is 31.2 Å². The van der Waals surface area contributed by atoms with Crippen molar-refractivity contribution in [2.75, 3.05) is 18.0 Å². The number of rotatable bonds is 3. The third-order valence-electron chi connectivity index (χ3n) is 3.21. The molecule has 1 aromatic rings. The highest BCUT2D eigenvalue weighted by atomic mass is 19.4. The van der Waals surface area contributed by atoms with Crippen LogP contribution in [0.4, 0.5) is 32.3 Å². The molecule has 0 spiro atoms. The van der Waals surface area contributed by atoms with Gasteiger partial charge in [0.2, 0.25) is 11.9 Å². The Morgan fingerprint density at radius 3 is 2.61 bits per heavy atom. The van der Waals surface area contributed by atoms with Gasteiger partial charge >= 0.3 is 12.4 Å². The lowest BCUT2D eigenvalue weighted by atomic mass is 10.2. The van der Waals surface area contributed by atoms with E-state index in [2.05, 4.69) is 9.97 Å². The Labute approximate surface area is 126 Å². The summed E-state index contributed by atoms with van der Waals surface area (Å²) in [5, 5.41) is 1.73. The summed E-state index contributed by atoms with van der Waals surface area (Å²) in [7, 11) is 0. The Morgan fingerprint density at radius 2 is 2.00 bits per heavy atom. The molecule has 1 fully saturated rings. The van der Waals surface area contributed by atoms with E-state index in [0.29, 0.717) is 12.5 Å². The van der Waals surface area contributed by atoms with Gasteiger partial charge in [-0.3, -0.25) is 4.79 Å². The lowest BCUT2D eigenvalue weighted by molar-refractivity contribution is -0.141. The molecule has 0 aliphatic carbocycles. The number of aromatic nitrogens is 2. The fraction of sp³-hybridized carbons (Fsp3) is 0.583. The maximum atomic E-state index is 12.6. The Morgan fingerprint density at radius 1 is 1.30 bits per heavy atom. The number of nitrogens with zero attached hydrogens (tertiary/aromatic N) is 3. The molecule has 0 saturated carbocycles. The van der Waals surface area contributed by atoms with Crippen LogP contribution in [0.15, 0.2) is 12.3 Å². The average Bonchev–Trinajstić information content (AvgIpc) is 2.92. The maximum Gasteiger partial charge on any atom is 0.433 e. The molecule has 2 rings (SSSR count). The average molecular weight is 342 g/mol. The van der Waals surface area contributed by atoms with E-state index in [-0.39, 0.29) is 18.9 Å². The molecule has 0 aromatic carbocycles.